The molecule has 3 rings (SSSR count). The standard InChI is InChI=1S/C28H34FN3O7.BrH/c1-15(33)31(8-7-22(35)36)13-18-9-16(10-19(25(18)37)28(2,3)4)20(34)14-32-12-17-11-21(38-5)26(39-6)24(29)23(17)27(32)30;/h9-11,30,37H,7-8,12-14H2,1-6H3,(H,35,36);1H. The number of nitrogens with one attached hydrogen (secondary N) is 1. The Morgan fingerprint density at radius 3 is 2.33 bits per heavy atom. The number of carbonyl (C=O) groups excluding carboxylic acids is 2. The van der Waals surface area contributed by atoms with Crippen molar-refractivity contribution in [2.75, 3.05) is 27.3 Å². The molecule has 0 aliphatic carbocycles. The molecule has 0 spiro atoms. The van der Waals surface area contributed by atoms with Crippen molar-refractivity contribution in [1.82, 2.24) is 9.80 Å². The second-order valence-electron chi connectivity index (χ2n) is 10.5. The van der Waals surface area contributed by atoms with Gasteiger partial charge in [-0.1, -0.05) is 20.8 Å². The van der Waals surface area contributed by atoms with Gasteiger partial charge in [-0.25, -0.2) is 4.39 Å². The van der Waals surface area contributed by atoms with E-state index in [4.69, 9.17) is 20.0 Å². The molecule has 0 aromatic heterocycles. The van der Waals surface area contributed by atoms with Crippen molar-refractivity contribution >= 4 is 40.5 Å². The summed E-state index contributed by atoms with van der Waals surface area (Å²) in [4.78, 5) is 39.4. The highest BCUT2D eigenvalue weighted by molar-refractivity contribution is 8.93. The van der Waals surface area contributed by atoms with E-state index in [2.05, 4.69) is 0 Å². The molecule has 0 saturated heterocycles. The number of hydrogen-bond acceptors (Lipinski definition) is 7. The lowest BCUT2D eigenvalue weighted by Crippen LogP contribution is -2.32. The van der Waals surface area contributed by atoms with Crippen molar-refractivity contribution in [2.45, 2.75) is 52.6 Å². The number of hydrogen-bond donors (Lipinski definition) is 3. The van der Waals surface area contributed by atoms with Gasteiger partial charge in [-0.05, 0) is 29.2 Å². The summed E-state index contributed by atoms with van der Waals surface area (Å²) < 4.78 is 25.4. The number of carboxylic acid groups (broad SMARTS) is 1. The monoisotopic (exact) mass is 623 g/mol. The first-order valence-corrected chi connectivity index (χ1v) is 12.3. The molecule has 1 heterocycles. The summed E-state index contributed by atoms with van der Waals surface area (Å²) in [5, 5.41) is 28.6. The van der Waals surface area contributed by atoms with Gasteiger partial charge in [-0.2, -0.15) is 0 Å². The lowest BCUT2D eigenvalue weighted by molar-refractivity contribution is -0.138. The van der Waals surface area contributed by atoms with E-state index in [1.54, 1.807) is 12.1 Å². The molecule has 0 atom stereocenters. The minimum atomic E-state index is -1.06. The zero-order chi connectivity index (χ0) is 29.2. The molecule has 1 aliphatic rings. The first kappa shape index (κ1) is 32.5. The number of methoxy groups -OCH3 is 2. The zero-order valence-electron chi connectivity index (χ0n) is 23.4. The van der Waals surface area contributed by atoms with Gasteiger partial charge in [0.1, 0.15) is 11.6 Å². The van der Waals surface area contributed by atoms with Gasteiger partial charge in [-0.3, -0.25) is 19.8 Å². The second kappa shape index (κ2) is 12.7. The van der Waals surface area contributed by atoms with E-state index in [1.165, 1.54) is 37.0 Å². The third-order valence-electron chi connectivity index (χ3n) is 6.66. The van der Waals surface area contributed by atoms with Crippen LogP contribution in [0.5, 0.6) is 17.2 Å². The van der Waals surface area contributed by atoms with Crippen molar-refractivity contribution in [3.8, 4) is 17.2 Å². The molecule has 2 aromatic carbocycles. The Morgan fingerprint density at radius 1 is 1.15 bits per heavy atom. The number of nitrogens with zero attached hydrogens (tertiary/aromatic N) is 2. The van der Waals surface area contributed by atoms with Crippen LogP contribution < -0.4 is 9.47 Å². The quantitative estimate of drug-likeness (QED) is 0.333. The topological polar surface area (TPSA) is 140 Å². The third-order valence-corrected chi connectivity index (χ3v) is 6.66. The Hall–Kier alpha value is -3.67. The Morgan fingerprint density at radius 2 is 1.80 bits per heavy atom. The molecule has 0 unspecified atom stereocenters. The number of carboxylic acids is 1. The molecule has 1 aliphatic heterocycles. The molecule has 12 heteroatoms. The highest BCUT2D eigenvalue weighted by Gasteiger charge is 2.33. The fourth-order valence-electron chi connectivity index (χ4n) is 4.56. The number of rotatable bonds is 10. The van der Waals surface area contributed by atoms with Gasteiger partial charge in [0, 0.05) is 43.2 Å². The van der Waals surface area contributed by atoms with Crippen LogP contribution in [0.25, 0.3) is 0 Å². The Kier molecular flexibility index (Phi) is 10.3. The van der Waals surface area contributed by atoms with E-state index < -0.39 is 17.2 Å². The third kappa shape index (κ3) is 6.72. The number of aromatic hydroxyl groups is 1. The molecule has 1 amide bonds. The van der Waals surface area contributed by atoms with Crippen LogP contribution in [0.15, 0.2) is 18.2 Å². The van der Waals surface area contributed by atoms with Crippen molar-refractivity contribution < 1.29 is 38.5 Å². The number of amides is 1. The molecule has 0 radical (unpaired) electrons. The molecule has 0 bridgehead atoms. The highest BCUT2D eigenvalue weighted by atomic mass is 79.9. The number of aliphatic carboxylic acids is 1. The van der Waals surface area contributed by atoms with Crippen LogP contribution in [0.3, 0.4) is 0 Å². The number of fused-ring (bicyclic) bond motifs is 1. The summed E-state index contributed by atoms with van der Waals surface area (Å²) in [5.74, 6) is -2.73. The van der Waals surface area contributed by atoms with Gasteiger partial charge in [-0.15, -0.1) is 17.0 Å². The Balaban J connectivity index is 0.00000560. The van der Waals surface area contributed by atoms with Crippen molar-refractivity contribution in [1.29, 1.82) is 5.41 Å². The van der Waals surface area contributed by atoms with E-state index in [1.807, 2.05) is 20.8 Å². The first-order chi connectivity index (χ1) is 18.2. The number of phenols is 1. The van der Waals surface area contributed by atoms with Crippen LogP contribution in [0.2, 0.25) is 0 Å². The molecule has 218 valence electrons. The number of carbonyl (C=O) groups is 3. The molecule has 0 saturated carbocycles. The van der Waals surface area contributed by atoms with Crippen molar-refractivity contribution in [2.24, 2.45) is 0 Å². The molecular formula is C28H35BrFN3O7. The maximum absolute atomic E-state index is 15.1. The second-order valence-corrected chi connectivity index (χ2v) is 10.5. The zero-order valence-corrected chi connectivity index (χ0v) is 25.1. The predicted molar refractivity (Wildman–Crippen MR) is 152 cm³/mol. The van der Waals surface area contributed by atoms with Gasteiger partial charge in [0.05, 0.1) is 32.7 Å². The van der Waals surface area contributed by atoms with E-state index >= 15 is 4.39 Å². The van der Waals surface area contributed by atoms with Gasteiger partial charge < -0.3 is 29.5 Å². The summed E-state index contributed by atoms with van der Waals surface area (Å²) >= 11 is 0. The van der Waals surface area contributed by atoms with Gasteiger partial charge in [0.25, 0.3) is 0 Å². The van der Waals surface area contributed by atoms with E-state index in [9.17, 15) is 19.5 Å². The largest absolute Gasteiger partial charge is 0.507 e. The Labute approximate surface area is 243 Å². The smallest absolute Gasteiger partial charge is 0.305 e. The molecule has 10 nitrogen and oxygen atoms in total. The van der Waals surface area contributed by atoms with Crippen LogP contribution in [-0.4, -0.2) is 70.8 Å². The van der Waals surface area contributed by atoms with Gasteiger partial charge in [0.2, 0.25) is 5.91 Å². The average Bonchev–Trinajstić information content (AvgIpc) is 3.16. The lowest BCUT2D eigenvalue weighted by Gasteiger charge is -2.26. The number of phenolic OH excluding ortho intramolecular Hbond substituents is 1. The number of ether oxygens (including phenoxy) is 2. The lowest BCUT2D eigenvalue weighted by atomic mass is 9.83. The summed E-state index contributed by atoms with van der Waals surface area (Å²) in [7, 11) is 2.69. The number of halogens is 2. The summed E-state index contributed by atoms with van der Waals surface area (Å²) in [5.41, 5.74) is 0.980. The van der Waals surface area contributed by atoms with Crippen LogP contribution >= 0.6 is 17.0 Å². The number of amidine groups is 1. The van der Waals surface area contributed by atoms with Crippen molar-refractivity contribution in [3.63, 3.8) is 0 Å². The van der Waals surface area contributed by atoms with E-state index in [-0.39, 0.29) is 95.5 Å². The minimum absolute atomic E-state index is 0. The maximum Gasteiger partial charge on any atom is 0.305 e. The average molecular weight is 625 g/mol. The summed E-state index contributed by atoms with van der Waals surface area (Å²) in [6, 6.07) is 4.64. The van der Waals surface area contributed by atoms with Gasteiger partial charge >= 0.3 is 5.97 Å². The molecule has 40 heavy (non-hydrogen) atoms. The maximum atomic E-state index is 15.1. The summed E-state index contributed by atoms with van der Waals surface area (Å²) in [6.45, 7) is 6.63. The fraction of sp³-hybridized carbons (Fsp3) is 0.429. The molecule has 2 aromatic rings. The van der Waals surface area contributed by atoms with Gasteiger partial charge in [0.15, 0.2) is 23.1 Å². The number of benzene rings is 2. The van der Waals surface area contributed by atoms with Crippen LogP contribution in [0, 0.1) is 11.2 Å². The number of Topliss-reactive ketones (excluding diaryl/α,β-unsaturated/α-hetero) is 1. The molecule has 3 N–H and O–H groups in total. The van der Waals surface area contributed by atoms with Crippen LogP contribution in [0.1, 0.15) is 66.7 Å². The summed E-state index contributed by atoms with van der Waals surface area (Å²) in [6.07, 6.45) is -0.269. The van der Waals surface area contributed by atoms with Crippen LogP contribution in [0.4, 0.5) is 4.39 Å². The highest BCUT2D eigenvalue weighted by Crippen LogP contribution is 2.39. The predicted octanol–water partition coefficient (Wildman–Crippen LogP) is 4.27. The fourth-order valence-corrected chi connectivity index (χ4v) is 4.56. The first-order valence-electron chi connectivity index (χ1n) is 12.3. The normalized spacial score (nSPS) is 12.5. The molecule has 0 fully saturated rings. The molecular weight excluding hydrogens is 589 g/mol. The SMILES string of the molecule is Br.COc1cc2c(c(F)c1OC)C(=N)N(CC(=O)c1cc(CN(CCC(=O)O)C(C)=O)c(O)c(C(C)(C)C)c1)C2. The van der Waals surface area contributed by atoms with Crippen molar-refractivity contribution in [3.05, 3.63) is 51.8 Å². The minimum Gasteiger partial charge on any atom is -0.507 e. The van der Waals surface area contributed by atoms with E-state index in [0.29, 0.717) is 16.7 Å². The number of ketones is 1. The van der Waals surface area contributed by atoms with E-state index in [0.717, 1.165) is 0 Å². The van der Waals surface area contributed by atoms with Crippen LogP contribution in [-0.2, 0) is 28.1 Å². The Bertz CT molecular complexity index is 1340.